The molecule has 0 aromatic heterocycles. The van der Waals surface area contributed by atoms with Crippen molar-refractivity contribution >= 4 is 17.9 Å². The molecule has 0 bridgehead atoms. The number of hydrogen-bond acceptors (Lipinski definition) is 7. The average molecular weight is 346 g/mol. The Labute approximate surface area is 143 Å². The van der Waals surface area contributed by atoms with E-state index in [1.807, 2.05) is 6.92 Å². The van der Waals surface area contributed by atoms with E-state index in [4.69, 9.17) is 19.3 Å². The third-order valence-electron chi connectivity index (χ3n) is 3.76. The molecule has 0 aliphatic carbocycles. The van der Waals surface area contributed by atoms with Crippen LogP contribution in [-0.4, -0.2) is 49.4 Å². The van der Waals surface area contributed by atoms with E-state index < -0.39 is 0 Å². The monoisotopic (exact) mass is 346 g/mol. The fraction of sp³-hybridized carbons (Fsp3) is 0.824. The molecule has 0 aliphatic heterocycles. The van der Waals surface area contributed by atoms with Gasteiger partial charge in [0.15, 0.2) is 0 Å². The summed E-state index contributed by atoms with van der Waals surface area (Å²) in [5.74, 6) is -1.93. The van der Waals surface area contributed by atoms with Gasteiger partial charge in [-0.25, -0.2) is 0 Å². The Kier molecular flexibility index (Phi) is 11.9. The first kappa shape index (κ1) is 22.4. The number of ether oxygens (including phenoxy) is 3. The lowest BCUT2D eigenvalue weighted by molar-refractivity contribution is -0.157. The number of carbonyl (C=O) groups excluding carboxylic acids is 3. The molecule has 140 valence electrons. The van der Waals surface area contributed by atoms with Crippen LogP contribution < -0.4 is 0 Å². The summed E-state index contributed by atoms with van der Waals surface area (Å²) in [4.78, 5) is 34.8. The van der Waals surface area contributed by atoms with Crippen LogP contribution in [0.2, 0.25) is 0 Å². The highest BCUT2D eigenvalue weighted by Gasteiger charge is 2.20. The third kappa shape index (κ3) is 9.50. The quantitative estimate of drug-likeness (QED) is 0.326. The molecule has 0 amide bonds. The van der Waals surface area contributed by atoms with Crippen molar-refractivity contribution in [3.8, 4) is 0 Å². The van der Waals surface area contributed by atoms with Gasteiger partial charge in [-0.3, -0.25) is 14.4 Å². The van der Waals surface area contributed by atoms with Gasteiger partial charge in [-0.2, -0.15) is 0 Å². The molecular weight excluding hydrogens is 316 g/mol. The van der Waals surface area contributed by atoms with Gasteiger partial charge in [0.05, 0.1) is 24.4 Å². The van der Waals surface area contributed by atoms with Crippen molar-refractivity contribution in [2.24, 2.45) is 17.8 Å². The van der Waals surface area contributed by atoms with Crippen LogP contribution in [0.4, 0.5) is 0 Å². The highest BCUT2D eigenvalue weighted by atomic mass is 16.6. The molecular formula is C17H30O7. The standard InChI is InChI=1S/C17H30O7/c1-5-12(2)15(19)23-10-11-24-17(21)14(4)7-6-13(3)16(20)22-9-8-18/h12-14,18H,5-11H2,1-4H3. The number of hydrogen-bond donors (Lipinski definition) is 1. The molecule has 7 nitrogen and oxygen atoms in total. The van der Waals surface area contributed by atoms with Crippen LogP contribution in [0.15, 0.2) is 0 Å². The molecule has 0 aliphatic rings. The Bertz CT molecular complexity index is 394. The van der Waals surface area contributed by atoms with Crippen molar-refractivity contribution in [1.29, 1.82) is 0 Å². The number of aliphatic hydroxyl groups excluding tert-OH is 1. The number of rotatable bonds is 12. The van der Waals surface area contributed by atoms with Crippen LogP contribution in [0.5, 0.6) is 0 Å². The molecule has 7 heteroatoms. The molecule has 0 spiro atoms. The van der Waals surface area contributed by atoms with Crippen LogP contribution in [0.1, 0.15) is 47.0 Å². The second-order valence-corrected chi connectivity index (χ2v) is 5.91. The maximum absolute atomic E-state index is 11.8. The lowest BCUT2D eigenvalue weighted by Gasteiger charge is -2.15. The van der Waals surface area contributed by atoms with Gasteiger partial charge in [-0.05, 0) is 19.3 Å². The second-order valence-electron chi connectivity index (χ2n) is 5.91. The summed E-state index contributed by atoms with van der Waals surface area (Å²) < 4.78 is 14.9. The zero-order valence-corrected chi connectivity index (χ0v) is 15.1. The molecule has 0 heterocycles. The maximum Gasteiger partial charge on any atom is 0.308 e. The predicted octanol–water partition coefficient (Wildman–Crippen LogP) is 1.71. The lowest BCUT2D eigenvalue weighted by Crippen LogP contribution is -2.22. The lowest BCUT2D eigenvalue weighted by atomic mass is 9.98. The van der Waals surface area contributed by atoms with Crippen molar-refractivity contribution in [2.75, 3.05) is 26.4 Å². The number of carbonyl (C=O) groups is 3. The van der Waals surface area contributed by atoms with Crippen LogP contribution in [-0.2, 0) is 28.6 Å². The SMILES string of the molecule is CCC(C)C(=O)OCCOC(=O)C(C)CCC(C)C(=O)OCCO. The van der Waals surface area contributed by atoms with E-state index in [0.29, 0.717) is 19.3 Å². The summed E-state index contributed by atoms with van der Waals surface area (Å²) in [6, 6.07) is 0. The first-order chi connectivity index (χ1) is 11.3. The van der Waals surface area contributed by atoms with Gasteiger partial charge in [0.2, 0.25) is 0 Å². The largest absolute Gasteiger partial charge is 0.463 e. The Morgan fingerprint density at radius 2 is 1.12 bits per heavy atom. The molecule has 0 saturated heterocycles. The van der Waals surface area contributed by atoms with Crippen molar-refractivity contribution in [2.45, 2.75) is 47.0 Å². The summed E-state index contributed by atoms with van der Waals surface area (Å²) in [6.45, 7) is 6.96. The molecule has 0 fully saturated rings. The molecule has 0 saturated carbocycles. The van der Waals surface area contributed by atoms with Crippen LogP contribution in [0.3, 0.4) is 0 Å². The fourth-order valence-corrected chi connectivity index (χ4v) is 1.76. The minimum absolute atomic E-state index is 0.0177. The minimum atomic E-state index is -0.387. The minimum Gasteiger partial charge on any atom is -0.463 e. The summed E-state index contributed by atoms with van der Waals surface area (Å²) in [5.41, 5.74) is 0. The van der Waals surface area contributed by atoms with Gasteiger partial charge >= 0.3 is 17.9 Å². The van der Waals surface area contributed by atoms with Crippen molar-refractivity contribution in [1.82, 2.24) is 0 Å². The first-order valence-electron chi connectivity index (χ1n) is 8.44. The van der Waals surface area contributed by atoms with E-state index in [1.165, 1.54) is 0 Å². The summed E-state index contributed by atoms with van der Waals surface area (Å²) >= 11 is 0. The van der Waals surface area contributed by atoms with E-state index in [-0.39, 0.29) is 62.1 Å². The van der Waals surface area contributed by atoms with Crippen LogP contribution in [0.25, 0.3) is 0 Å². The van der Waals surface area contributed by atoms with Crippen molar-refractivity contribution in [3.05, 3.63) is 0 Å². The number of aliphatic hydroxyl groups is 1. The maximum atomic E-state index is 11.8. The Balaban J connectivity index is 3.91. The Hall–Kier alpha value is -1.63. The molecule has 1 N–H and O–H groups in total. The summed E-state index contributed by atoms with van der Waals surface area (Å²) in [7, 11) is 0. The topological polar surface area (TPSA) is 99.1 Å². The van der Waals surface area contributed by atoms with E-state index in [9.17, 15) is 14.4 Å². The van der Waals surface area contributed by atoms with E-state index >= 15 is 0 Å². The smallest absolute Gasteiger partial charge is 0.308 e. The molecule has 0 aromatic carbocycles. The second kappa shape index (κ2) is 12.8. The van der Waals surface area contributed by atoms with Crippen molar-refractivity contribution in [3.63, 3.8) is 0 Å². The number of esters is 3. The third-order valence-corrected chi connectivity index (χ3v) is 3.76. The Morgan fingerprint density at radius 1 is 0.750 bits per heavy atom. The summed E-state index contributed by atoms with van der Waals surface area (Å²) in [5, 5.41) is 8.60. The normalized spacial score (nSPS) is 14.4. The molecule has 0 radical (unpaired) electrons. The molecule has 3 atom stereocenters. The zero-order chi connectivity index (χ0) is 18.5. The van der Waals surface area contributed by atoms with Crippen LogP contribution in [0, 0.1) is 17.8 Å². The van der Waals surface area contributed by atoms with Gasteiger partial charge in [0.1, 0.15) is 19.8 Å². The average Bonchev–Trinajstić information content (AvgIpc) is 2.59. The zero-order valence-electron chi connectivity index (χ0n) is 15.1. The van der Waals surface area contributed by atoms with Gasteiger partial charge in [-0.1, -0.05) is 27.7 Å². The van der Waals surface area contributed by atoms with Gasteiger partial charge in [-0.15, -0.1) is 0 Å². The van der Waals surface area contributed by atoms with E-state index in [0.717, 1.165) is 0 Å². The summed E-state index contributed by atoms with van der Waals surface area (Å²) in [6.07, 6.45) is 1.68. The van der Waals surface area contributed by atoms with Gasteiger partial charge in [0.25, 0.3) is 0 Å². The van der Waals surface area contributed by atoms with Crippen molar-refractivity contribution < 1.29 is 33.7 Å². The molecule has 0 rings (SSSR count). The highest BCUT2D eigenvalue weighted by molar-refractivity contribution is 5.73. The van der Waals surface area contributed by atoms with Gasteiger partial charge in [0, 0.05) is 0 Å². The Morgan fingerprint density at radius 3 is 1.50 bits per heavy atom. The first-order valence-corrected chi connectivity index (χ1v) is 8.44. The molecule has 0 aromatic rings. The van der Waals surface area contributed by atoms with Crippen LogP contribution >= 0.6 is 0 Å². The highest BCUT2D eigenvalue weighted by Crippen LogP contribution is 2.15. The van der Waals surface area contributed by atoms with Gasteiger partial charge < -0.3 is 19.3 Å². The predicted molar refractivity (Wildman–Crippen MR) is 87.0 cm³/mol. The molecule has 3 unspecified atom stereocenters. The molecule has 24 heavy (non-hydrogen) atoms. The van der Waals surface area contributed by atoms with E-state index in [1.54, 1.807) is 20.8 Å². The fourth-order valence-electron chi connectivity index (χ4n) is 1.76. The van der Waals surface area contributed by atoms with E-state index in [2.05, 4.69) is 0 Å².